The van der Waals surface area contributed by atoms with Crippen LogP contribution >= 0.6 is 0 Å². The first kappa shape index (κ1) is 19.5. The van der Waals surface area contributed by atoms with E-state index in [1.54, 1.807) is 6.07 Å². The van der Waals surface area contributed by atoms with Gasteiger partial charge in [0.15, 0.2) is 5.65 Å². The van der Waals surface area contributed by atoms with Gasteiger partial charge < -0.3 is 0 Å². The molecular weight excluding hydrogens is 401 g/mol. The lowest BCUT2D eigenvalue weighted by molar-refractivity contribution is -0.141. The Morgan fingerprint density at radius 3 is 2.37 bits per heavy atom. The number of nitriles is 1. The van der Waals surface area contributed by atoms with E-state index in [1.807, 2.05) is 6.07 Å². The number of hydrogen-bond acceptors (Lipinski definition) is 3. The highest BCUT2D eigenvalue weighted by atomic mass is 19.4. The summed E-state index contributed by atoms with van der Waals surface area (Å²) in [6, 6.07) is 13.0. The van der Waals surface area contributed by atoms with E-state index in [0.717, 1.165) is 24.3 Å². The van der Waals surface area contributed by atoms with Gasteiger partial charge in [-0.2, -0.15) is 18.4 Å². The fraction of sp³-hybridized carbons (Fsp3) is 0.0455. The Bertz CT molecular complexity index is 1320. The second kappa shape index (κ2) is 7.19. The van der Waals surface area contributed by atoms with Crippen molar-refractivity contribution >= 4 is 11.0 Å². The van der Waals surface area contributed by atoms with E-state index in [9.17, 15) is 27.2 Å². The van der Waals surface area contributed by atoms with Crippen molar-refractivity contribution in [3.8, 4) is 28.3 Å². The third kappa shape index (κ3) is 3.46. The number of alkyl halides is 3. The van der Waals surface area contributed by atoms with Gasteiger partial charge in [0.25, 0.3) is 0 Å². The molecule has 148 valence electrons. The van der Waals surface area contributed by atoms with Crippen LogP contribution in [0, 0.1) is 23.0 Å². The summed E-state index contributed by atoms with van der Waals surface area (Å²) >= 11 is 0. The highest BCUT2D eigenvalue weighted by molar-refractivity contribution is 5.93. The normalized spacial score (nSPS) is 11.5. The van der Waals surface area contributed by atoms with E-state index in [2.05, 4.69) is 9.97 Å². The Labute approximate surface area is 167 Å². The minimum Gasteiger partial charge on any atom is -0.237 e. The van der Waals surface area contributed by atoms with Crippen LogP contribution in [0.3, 0.4) is 0 Å². The molecule has 0 atom stereocenters. The molecule has 0 aliphatic rings. The third-order valence-electron chi connectivity index (χ3n) is 4.56. The molecule has 2 aromatic carbocycles. The van der Waals surface area contributed by atoms with Crippen molar-refractivity contribution in [3.05, 3.63) is 83.7 Å². The summed E-state index contributed by atoms with van der Waals surface area (Å²) in [6.45, 7) is 0. The minimum absolute atomic E-state index is 0.00613. The van der Waals surface area contributed by atoms with E-state index in [-0.39, 0.29) is 22.3 Å². The number of nitrogens with zero attached hydrogens (tertiary/aromatic N) is 3. The second-order valence-electron chi connectivity index (χ2n) is 6.42. The molecule has 30 heavy (non-hydrogen) atoms. The largest absolute Gasteiger partial charge is 0.433 e. The molecule has 0 unspecified atom stereocenters. The van der Waals surface area contributed by atoms with Crippen LogP contribution in [0.5, 0.6) is 0 Å². The Balaban J connectivity index is 1.91. The smallest absolute Gasteiger partial charge is 0.237 e. The lowest BCUT2D eigenvalue weighted by Gasteiger charge is -2.12. The van der Waals surface area contributed by atoms with Gasteiger partial charge in [-0.05, 0) is 59.7 Å². The van der Waals surface area contributed by atoms with Gasteiger partial charge in [0, 0.05) is 22.7 Å². The summed E-state index contributed by atoms with van der Waals surface area (Å²) in [4.78, 5) is 7.47. The zero-order chi connectivity index (χ0) is 21.5. The molecule has 0 radical (unpaired) electrons. The van der Waals surface area contributed by atoms with Gasteiger partial charge in [0.2, 0.25) is 0 Å². The fourth-order valence-corrected chi connectivity index (χ4v) is 3.17. The van der Waals surface area contributed by atoms with Crippen molar-refractivity contribution in [2.24, 2.45) is 0 Å². The first-order valence-corrected chi connectivity index (χ1v) is 8.61. The van der Waals surface area contributed by atoms with Crippen molar-refractivity contribution < 1.29 is 22.0 Å². The molecule has 0 fully saturated rings. The second-order valence-corrected chi connectivity index (χ2v) is 6.42. The van der Waals surface area contributed by atoms with E-state index in [4.69, 9.17) is 0 Å². The van der Waals surface area contributed by atoms with Gasteiger partial charge in [-0.3, -0.25) is 0 Å². The summed E-state index contributed by atoms with van der Waals surface area (Å²) in [7, 11) is 0. The SMILES string of the molecule is N#Cc1ccc(F)cc1-c1cc(-c2ccnc3nc(C(F)(F)F)ccc23)ccc1F. The van der Waals surface area contributed by atoms with Gasteiger partial charge in [0.1, 0.15) is 17.3 Å². The molecule has 0 N–H and O–H groups in total. The first-order chi connectivity index (χ1) is 14.3. The molecule has 0 saturated heterocycles. The predicted octanol–water partition coefficient (Wildman–Crippen LogP) is 6.13. The van der Waals surface area contributed by atoms with Gasteiger partial charge in [-0.15, -0.1) is 0 Å². The van der Waals surface area contributed by atoms with E-state index >= 15 is 0 Å². The average Bonchev–Trinajstić information content (AvgIpc) is 2.72. The highest BCUT2D eigenvalue weighted by Gasteiger charge is 2.32. The number of aromatic nitrogens is 2. The maximum atomic E-state index is 14.5. The van der Waals surface area contributed by atoms with Gasteiger partial charge in [0.05, 0.1) is 11.6 Å². The fourth-order valence-electron chi connectivity index (χ4n) is 3.17. The zero-order valence-electron chi connectivity index (χ0n) is 15.0. The van der Waals surface area contributed by atoms with Crippen LogP contribution < -0.4 is 0 Å². The van der Waals surface area contributed by atoms with Gasteiger partial charge in [-0.25, -0.2) is 18.7 Å². The number of halogens is 5. The van der Waals surface area contributed by atoms with Crippen molar-refractivity contribution in [2.75, 3.05) is 0 Å². The molecule has 3 nitrogen and oxygen atoms in total. The molecule has 8 heteroatoms. The number of pyridine rings is 2. The topological polar surface area (TPSA) is 49.6 Å². The molecule has 2 aromatic heterocycles. The number of hydrogen-bond donors (Lipinski definition) is 0. The standard InChI is InChI=1S/C22H10F5N3/c23-14-3-1-13(11-28)17(10-14)18-9-12(2-5-19(18)24)15-7-8-29-21-16(15)4-6-20(30-21)22(25,26)27/h1-10H. The van der Waals surface area contributed by atoms with Crippen LogP contribution in [0.25, 0.3) is 33.3 Å². The molecule has 4 rings (SSSR count). The molecule has 2 heterocycles. The van der Waals surface area contributed by atoms with Crippen LogP contribution in [0.2, 0.25) is 0 Å². The molecule has 0 aliphatic carbocycles. The molecule has 0 amide bonds. The zero-order valence-corrected chi connectivity index (χ0v) is 15.0. The number of fused-ring (bicyclic) bond motifs is 1. The van der Waals surface area contributed by atoms with Crippen molar-refractivity contribution in [1.82, 2.24) is 9.97 Å². The first-order valence-electron chi connectivity index (χ1n) is 8.61. The summed E-state index contributed by atoms with van der Waals surface area (Å²) < 4.78 is 67.1. The lowest BCUT2D eigenvalue weighted by atomic mass is 9.95. The van der Waals surface area contributed by atoms with Gasteiger partial charge in [-0.1, -0.05) is 6.07 Å². The number of rotatable bonds is 2. The van der Waals surface area contributed by atoms with Crippen LogP contribution in [0.15, 0.2) is 60.8 Å². The van der Waals surface area contributed by atoms with E-state index in [0.29, 0.717) is 16.5 Å². The van der Waals surface area contributed by atoms with Crippen molar-refractivity contribution in [1.29, 1.82) is 5.26 Å². The van der Waals surface area contributed by atoms with Gasteiger partial charge >= 0.3 is 6.18 Å². The average molecular weight is 411 g/mol. The Morgan fingerprint density at radius 2 is 1.63 bits per heavy atom. The third-order valence-corrected chi connectivity index (χ3v) is 4.56. The predicted molar refractivity (Wildman–Crippen MR) is 100 cm³/mol. The maximum absolute atomic E-state index is 14.5. The summed E-state index contributed by atoms with van der Waals surface area (Å²) in [6.07, 6.45) is -3.31. The van der Waals surface area contributed by atoms with Crippen molar-refractivity contribution in [3.63, 3.8) is 0 Å². The monoisotopic (exact) mass is 411 g/mol. The van der Waals surface area contributed by atoms with Crippen LogP contribution in [-0.2, 0) is 6.18 Å². The lowest BCUT2D eigenvalue weighted by Crippen LogP contribution is -2.08. The molecule has 0 aliphatic heterocycles. The summed E-state index contributed by atoms with van der Waals surface area (Å²) in [5.74, 6) is -1.30. The maximum Gasteiger partial charge on any atom is 0.433 e. The summed E-state index contributed by atoms with van der Waals surface area (Å²) in [5, 5.41) is 9.61. The highest BCUT2D eigenvalue weighted by Crippen LogP contribution is 2.35. The van der Waals surface area contributed by atoms with Crippen LogP contribution in [-0.4, -0.2) is 9.97 Å². The van der Waals surface area contributed by atoms with Crippen LogP contribution in [0.4, 0.5) is 22.0 Å². The van der Waals surface area contributed by atoms with Crippen LogP contribution in [0.1, 0.15) is 11.3 Å². The molecule has 0 spiro atoms. The van der Waals surface area contributed by atoms with E-state index in [1.165, 1.54) is 30.5 Å². The van der Waals surface area contributed by atoms with Crippen molar-refractivity contribution in [2.45, 2.75) is 6.18 Å². The van der Waals surface area contributed by atoms with E-state index < -0.39 is 23.5 Å². The minimum atomic E-state index is -4.61. The quantitative estimate of drug-likeness (QED) is 0.373. The Hall–Kier alpha value is -3.86. The molecule has 4 aromatic rings. The Kier molecular flexibility index (Phi) is 4.66. The number of benzene rings is 2. The molecular formula is C22H10F5N3. The molecule has 0 saturated carbocycles. The molecule has 0 bridgehead atoms. The summed E-state index contributed by atoms with van der Waals surface area (Å²) in [5.41, 5.74) is -0.106. The Morgan fingerprint density at radius 1 is 0.833 bits per heavy atom.